The van der Waals surface area contributed by atoms with E-state index in [0.717, 1.165) is 25.3 Å². The summed E-state index contributed by atoms with van der Waals surface area (Å²) in [6.45, 7) is 4.63. The summed E-state index contributed by atoms with van der Waals surface area (Å²) in [5.74, 6) is 0. The molecule has 2 aromatic rings. The lowest BCUT2D eigenvalue weighted by Gasteiger charge is -2.05. The van der Waals surface area contributed by atoms with Gasteiger partial charge in [-0.1, -0.05) is 0 Å². The number of nitrogens with one attached hydrogen (secondary N) is 2. The van der Waals surface area contributed by atoms with E-state index in [1.54, 1.807) is 6.33 Å². The maximum atomic E-state index is 4.21. The summed E-state index contributed by atoms with van der Waals surface area (Å²) in [6, 6.07) is 2.03. The van der Waals surface area contributed by atoms with Crippen molar-refractivity contribution < 1.29 is 0 Å². The Labute approximate surface area is 88.5 Å². The molecule has 2 rings (SSSR count). The second kappa shape index (κ2) is 4.75. The second-order valence-electron chi connectivity index (χ2n) is 3.32. The zero-order chi connectivity index (χ0) is 10.5. The molecular formula is C10H15N5. The van der Waals surface area contributed by atoms with Crippen LogP contribution in [-0.4, -0.2) is 19.7 Å². The molecule has 0 saturated heterocycles. The molecule has 2 aromatic heterocycles. The van der Waals surface area contributed by atoms with Crippen molar-refractivity contribution in [3.8, 4) is 0 Å². The predicted octanol–water partition coefficient (Wildman–Crippen LogP) is 0.916. The Morgan fingerprint density at radius 3 is 3.13 bits per heavy atom. The van der Waals surface area contributed by atoms with Crippen molar-refractivity contribution in [2.24, 2.45) is 0 Å². The van der Waals surface area contributed by atoms with Gasteiger partial charge in [0.05, 0.1) is 12.0 Å². The standard InChI is InChI=1S/C10H15N5/c1-2-15-10(3-4-14-15)7-11-5-9-6-12-8-13-9/h3-4,6,8,11H,2,5,7H2,1H3,(H,12,13). The van der Waals surface area contributed by atoms with E-state index in [1.807, 2.05) is 23.1 Å². The number of nitrogens with zero attached hydrogens (tertiary/aromatic N) is 3. The highest BCUT2D eigenvalue weighted by Crippen LogP contribution is 1.98. The molecule has 5 nitrogen and oxygen atoms in total. The van der Waals surface area contributed by atoms with Crippen molar-refractivity contribution >= 4 is 0 Å². The van der Waals surface area contributed by atoms with Crippen LogP contribution in [0.2, 0.25) is 0 Å². The molecule has 5 heteroatoms. The van der Waals surface area contributed by atoms with Gasteiger partial charge < -0.3 is 10.3 Å². The molecule has 2 N–H and O–H groups in total. The fraction of sp³-hybridized carbons (Fsp3) is 0.400. The molecule has 15 heavy (non-hydrogen) atoms. The van der Waals surface area contributed by atoms with Crippen LogP contribution < -0.4 is 5.32 Å². The van der Waals surface area contributed by atoms with Gasteiger partial charge in [-0.05, 0) is 13.0 Å². The van der Waals surface area contributed by atoms with Crippen LogP contribution in [0.15, 0.2) is 24.8 Å². The van der Waals surface area contributed by atoms with E-state index in [9.17, 15) is 0 Å². The lowest BCUT2D eigenvalue weighted by Crippen LogP contribution is -2.16. The molecular weight excluding hydrogens is 190 g/mol. The van der Waals surface area contributed by atoms with E-state index < -0.39 is 0 Å². The zero-order valence-electron chi connectivity index (χ0n) is 8.77. The minimum absolute atomic E-state index is 0.800. The van der Waals surface area contributed by atoms with E-state index >= 15 is 0 Å². The molecule has 0 aliphatic rings. The van der Waals surface area contributed by atoms with E-state index in [4.69, 9.17) is 0 Å². The molecule has 0 bridgehead atoms. The van der Waals surface area contributed by atoms with E-state index in [0.29, 0.717) is 0 Å². The van der Waals surface area contributed by atoms with E-state index in [-0.39, 0.29) is 0 Å². The third kappa shape index (κ3) is 2.44. The fourth-order valence-electron chi connectivity index (χ4n) is 1.50. The Bertz CT molecular complexity index is 390. The Kier molecular flexibility index (Phi) is 3.14. The van der Waals surface area contributed by atoms with Gasteiger partial charge in [-0.3, -0.25) is 4.68 Å². The maximum Gasteiger partial charge on any atom is 0.0922 e. The fourth-order valence-corrected chi connectivity index (χ4v) is 1.50. The summed E-state index contributed by atoms with van der Waals surface area (Å²) in [5.41, 5.74) is 2.30. The van der Waals surface area contributed by atoms with Gasteiger partial charge in [0.2, 0.25) is 0 Å². The SMILES string of the molecule is CCn1nccc1CNCc1cnc[nH]1. The number of hydrogen-bond acceptors (Lipinski definition) is 3. The van der Waals surface area contributed by atoms with Crippen molar-refractivity contribution in [2.45, 2.75) is 26.6 Å². The highest BCUT2D eigenvalue weighted by molar-refractivity contribution is 5.01. The zero-order valence-corrected chi connectivity index (χ0v) is 8.77. The Hall–Kier alpha value is -1.62. The number of rotatable bonds is 5. The van der Waals surface area contributed by atoms with Crippen LogP contribution in [-0.2, 0) is 19.6 Å². The monoisotopic (exact) mass is 205 g/mol. The van der Waals surface area contributed by atoms with Crippen LogP contribution >= 0.6 is 0 Å². The topological polar surface area (TPSA) is 58.5 Å². The average molecular weight is 205 g/mol. The van der Waals surface area contributed by atoms with Gasteiger partial charge in [-0.15, -0.1) is 0 Å². The van der Waals surface area contributed by atoms with Crippen LogP contribution in [0.3, 0.4) is 0 Å². The predicted molar refractivity (Wildman–Crippen MR) is 57.0 cm³/mol. The van der Waals surface area contributed by atoms with Crippen LogP contribution in [0.5, 0.6) is 0 Å². The van der Waals surface area contributed by atoms with Crippen LogP contribution in [0, 0.1) is 0 Å². The number of hydrogen-bond donors (Lipinski definition) is 2. The number of aromatic amines is 1. The van der Waals surface area contributed by atoms with Gasteiger partial charge >= 0.3 is 0 Å². The Morgan fingerprint density at radius 2 is 2.40 bits per heavy atom. The number of imidazole rings is 1. The first-order chi connectivity index (χ1) is 7.40. The van der Waals surface area contributed by atoms with Crippen molar-refractivity contribution in [3.05, 3.63) is 36.2 Å². The van der Waals surface area contributed by atoms with Crippen molar-refractivity contribution in [1.29, 1.82) is 0 Å². The molecule has 80 valence electrons. The first-order valence-electron chi connectivity index (χ1n) is 5.09. The third-order valence-electron chi connectivity index (χ3n) is 2.28. The Balaban J connectivity index is 1.83. The van der Waals surface area contributed by atoms with Gasteiger partial charge in [0.25, 0.3) is 0 Å². The summed E-state index contributed by atoms with van der Waals surface area (Å²) in [6.07, 6.45) is 5.34. The maximum absolute atomic E-state index is 4.21. The van der Waals surface area contributed by atoms with Crippen molar-refractivity contribution in [3.63, 3.8) is 0 Å². The Morgan fingerprint density at radius 1 is 1.47 bits per heavy atom. The normalized spacial score (nSPS) is 10.7. The molecule has 0 aliphatic carbocycles. The van der Waals surface area contributed by atoms with E-state index in [1.165, 1.54) is 5.69 Å². The molecule has 0 spiro atoms. The molecule has 0 aromatic carbocycles. The first-order valence-corrected chi connectivity index (χ1v) is 5.09. The number of aromatic nitrogens is 4. The molecule has 0 fully saturated rings. The highest BCUT2D eigenvalue weighted by atomic mass is 15.3. The lowest BCUT2D eigenvalue weighted by atomic mass is 10.4. The van der Waals surface area contributed by atoms with Gasteiger partial charge in [-0.2, -0.15) is 5.10 Å². The first kappa shape index (κ1) is 9.92. The van der Waals surface area contributed by atoms with Gasteiger partial charge in [0, 0.05) is 37.7 Å². The molecule has 0 unspecified atom stereocenters. The largest absolute Gasteiger partial charge is 0.347 e. The third-order valence-corrected chi connectivity index (χ3v) is 2.28. The molecule has 0 saturated carbocycles. The molecule has 2 heterocycles. The quantitative estimate of drug-likeness (QED) is 0.763. The van der Waals surface area contributed by atoms with Crippen LogP contribution in [0.4, 0.5) is 0 Å². The highest BCUT2D eigenvalue weighted by Gasteiger charge is 1.99. The summed E-state index contributed by atoms with van der Waals surface area (Å²) < 4.78 is 1.99. The summed E-state index contributed by atoms with van der Waals surface area (Å²) in [4.78, 5) is 7.01. The van der Waals surface area contributed by atoms with Gasteiger partial charge in [-0.25, -0.2) is 4.98 Å². The van der Waals surface area contributed by atoms with Crippen LogP contribution in [0.1, 0.15) is 18.3 Å². The minimum atomic E-state index is 0.800. The average Bonchev–Trinajstić information content (AvgIpc) is 2.88. The van der Waals surface area contributed by atoms with Gasteiger partial charge in [0.1, 0.15) is 0 Å². The number of aryl methyl sites for hydroxylation is 1. The summed E-state index contributed by atoms with van der Waals surface area (Å²) >= 11 is 0. The smallest absolute Gasteiger partial charge is 0.0922 e. The van der Waals surface area contributed by atoms with E-state index in [2.05, 4.69) is 27.3 Å². The summed E-state index contributed by atoms with van der Waals surface area (Å²) in [5, 5.41) is 7.54. The van der Waals surface area contributed by atoms with Crippen molar-refractivity contribution in [1.82, 2.24) is 25.1 Å². The van der Waals surface area contributed by atoms with Crippen LogP contribution in [0.25, 0.3) is 0 Å². The lowest BCUT2D eigenvalue weighted by molar-refractivity contribution is 0.579. The van der Waals surface area contributed by atoms with Gasteiger partial charge in [0.15, 0.2) is 0 Å². The van der Waals surface area contributed by atoms with Crippen molar-refractivity contribution in [2.75, 3.05) is 0 Å². The second-order valence-corrected chi connectivity index (χ2v) is 3.32. The number of H-pyrrole nitrogens is 1. The molecule has 0 amide bonds. The molecule has 0 atom stereocenters. The molecule has 0 aliphatic heterocycles. The minimum Gasteiger partial charge on any atom is -0.347 e. The summed E-state index contributed by atoms with van der Waals surface area (Å²) in [7, 11) is 0. The molecule has 0 radical (unpaired) electrons.